The van der Waals surface area contributed by atoms with Crippen molar-refractivity contribution in [1.29, 1.82) is 0 Å². The van der Waals surface area contributed by atoms with Crippen LogP contribution in [-0.4, -0.2) is 48.3 Å². The SMILES string of the molecule is OC1([C@H](CN2CCNCC2)c2ccc(Br)cc2)CCCCC1. The van der Waals surface area contributed by atoms with Gasteiger partial charge in [0.2, 0.25) is 0 Å². The third-order valence-electron chi connectivity index (χ3n) is 5.29. The van der Waals surface area contributed by atoms with Gasteiger partial charge in [-0.15, -0.1) is 0 Å². The Bertz CT molecular complexity index is 464. The molecular weight excluding hydrogens is 340 g/mol. The number of nitrogens with one attached hydrogen (secondary N) is 1. The van der Waals surface area contributed by atoms with Gasteiger partial charge in [0.15, 0.2) is 0 Å². The van der Waals surface area contributed by atoms with E-state index >= 15 is 0 Å². The van der Waals surface area contributed by atoms with Crippen LogP contribution in [0.25, 0.3) is 0 Å². The van der Waals surface area contributed by atoms with E-state index in [-0.39, 0.29) is 5.92 Å². The lowest BCUT2D eigenvalue weighted by Crippen LogP contribution is -2.49. The summed E-state index contributed by atoms with van der Waals surface area (Å²) in [4.78, 5) is 2.51. The van der Waals surface area contributed by atoms with Gasteiger partial charge in [0.25, 0.3) is 0 Å². The summed E-state index contributed by atoms with van der Waals surface area (Å²) < 4.78 is 1.10. The number of hydrogen-bond acceptors (Lipinski definition) is 3. The fourth-order valence-electron chi connectivity index (χ4n) is 3.95. The molecule has 0 spiro atoms. The van der Waals surface area contributed by atoms with Crippen molar-refractivity contribution in [1.82, 2.24) is 10.2 Å². The minimum atomic E-state index is -0.531. The highest BCUT2D eigenvalue weighted by atomic mass is 79.9. The third-order valence-corrected chi connectivity index (χ3v) is 5.82. The molecule has 1 aliphatic carbocycles. The van der Waals surface area contributed by atoms with E-state index in [0.29, 0.717) is 0 Å². The summed E-state index contributed by atoms with van der Waals surface area (Å²) in [7, 11) is 0. The molecule has 3 rings (SSSR count). The monoisotopic (exact) mass is 366 g/mol. The van der Waals surface area contributed by atoms with Crippen LogP contribution in [-0.2, 0) is 0 Å². The van der Waals surface area contributed by atoms with Gasteiger partial charge in [-0.3, -0.25) is 0 Å². The Kier molecular flexibility index (Phi) is 5.55. The minimum absolute atomic E-state index is 0.221. The smallest absolute Gasteiger partial charge is 0.0728 e. The van der Waals surface area contributed by atoms with Gasteiger partial charge in [0.05, 0.1) is 5.60 Å². The van der Waals surface area contributed by atoms with Crippen molar-refractivity contribution in [2.45, 2.75) is 43.6 Å². The predicted octanol–water partition coefficient (Wildman–Crippen LogP) is 3.13. The molecule has 2 fully saturated rings. The summed E-state index contributed by atoms with van der Waals surface area (Å²) in [6.45, 7) is 5.27. The number of benzene rings is 1. The van der Waals surface area contributed by atoms with Gasteiger partial charge in [-0.05, 0) is 30.5 Å². The zero-order chi connectivity index (χ0) is 15.4. The highest BCUT2D eigenvalue weighted by Crippen LogP contribution is 2.40. The van der Waals surface area contributed by atoms with E-state index in [4.69, 9.17) is 0 Å². The molecule has 2 aliphatic rings. The summed E-state index contributed by atoms with van der Waals surface area (Å²) in [6.07, 6.45) is 5.47. The maximum atomic E-state index is 11.3. The highest BCUT2D eigenvalue weighted by molar-refractivity contribution is 9.10. The van der Waals surface area contributed by atoms with Crippen LogP contribution in [0.4, 0.5) is 0 Å². The van der Waals surface area contributed by atoms with Crippen LogP contribution in [0.2, 0.25) is 0 Å². The first-order chi connectivity index (χ1) is 10.7. The number of halogens is 1. The molecule has 1 aliphatic heterocycles. The molecule has 1 aromatic rings. The summed E-state index contributed by atoms with van der Waals surface area (Å²) in [5.74, 6) is 0.221. The second-order valence-corrected chi connectivity index (χ2v) is 7.73. The lowest BCUT2D eigenvalue weighted by atomic mass is 9.72. The van der Waals surface area contributed by atoms with E-state index in [0.717, 1.165) is 62.9 Å². The van der Waals surface area contributed by atoms with E-state index in [1.54, 1.807) is 0 Å². The van der Waals surface area contributed by atoms with E-state index in [1.165, 1.54) is 12.0 Å². The predicted molar refractivity (Wildman–Crippen MR) is 94.2 cm³/mol. The zero-order valence-corrected chi connectivity index (χ0v) is 14.8. The van der Waals surface area contributed by atoms with Crippen LogP contribution in [0.1, 0.15) is 43.6 Å². The molecule has 0 radical (unpaired) electrons. The molecule has 1 aromatic carbocycles. The second kappa shape index (κ2) is 7.43. The third kappa shape index (κ3) is 3.91. The molecule has 2 N–H and O–H groups in total. The molecule has 0 aromatic heterocycles. The van der Waals surface area contributed by atoms with Crippen LogP contribution in [0.15, 0.2) is 28.7 Å². The molecule has 3 nitrogen and oxygen atoms in total. The van der Waals surface area contributed by atoms with E-state index in [9.17, 15) is 5.11 Å². The molecule has 4 heteroatoms. The molecule has 122 valence electrons. The number of piperazine rings is 1. The van der Waals surface area contributed by atoms with E-state index < -0.39 is 5.60 Å². The Hall–Kier alpha value is -0.420. The van der Waals surface area contributed by atoms with Gasteiger partial charge < -0.3 is 15.3 Å². The van der Waals surface area contributed by atoms with Crippen molar-refractivity contribution in [3.8, 4) is 0 Å². The normalized spacial score (nSPS) is 24.1. The maximum absolute atomic E-state index is 11.3. The molecular formula is C18H27BrN2O. The van der Waals surface area contributed by atoms with Crippen molar-refractivity contribution in [3.05, 3.63) is 34.3 Å². The first-order valence-electron chi connectivity index (χ1n) is 8.58. The first-order valence-corrected chi connectivity index (χ1v) is 9.38. The quantitative estimate of drug-likeness (QED) is 0.858. The molecule has 1 heterocycles. The minimum Gasteiger partial charge on any atom is -0.389 e. The standard InChI is InChI=1S/C18H27BrN2O/c19-16-6-4-15(5-7-16)17(14-21-12-10-20-11-13-21)18(22)8-2-1-3-9-18/h4-7,17,20,22H,1-3,8-14H2/t17-/m1/s1. The van der Waals surface area contributed by atoms with Crippen LogP contribution >= 0.6 is 15.9 Å². The lowest BCUT2D eigenvalue weighted by molar-refractivity contribution is -0.0316. The summed E-state index contributed by atoms with van der Waals surface area (Å²) in [5, 5.41) is 14.7. The molecule has 0 unspecified atom stereocenters. The Morgan fingerprint density at radius 3 is 2.36 bits per heavy atom. The number of rotatable bonds is 4. The summed E-state index contributed by atoms with van der Waals surface area (Å²) in [5.41, 5.74) is 0.753. The van der Waals surface area contributed by atoms with Crippen molar-refractivity contribution < 1.29 is 5.11 Å². The molecule has 22 heavy (non-hydrogen) atoms. The lowest BCUT2D eigenvalue weighted by Gasteiger charge is -2.42. The van der Waals surface area contributed by atoms with E-state index in [1.807, 2.05) is 0 Å². The molecule has 1 atom stereocenters. The summed E-state index contributed by atoms with van der Waals surface area (Å²) in [6, 6.07) is 8.58. The van der Waals surface area contributed by atoms with Crippen molar-refractivity contribution in [3.63, 3.8) is 0 Å². The van der Waals surface area contributed by atoms with Gasteiger partial charge >= 0.3 is 0 Å². The zero-order valence-electron chi connectivity index (χ0n) is 13.2. The first kappa shape index (κ1) is 16.4. The van der Waals surface area contributed by atoms with Crippen LogP contribution in [0.3, 0.4) is 0 Å². The average Bonchev–Trinajstić information content (AvgIpc) is 2.55. The highest BCUT2D eigenvalue weighted by Gasteiger charge is 2.39. The maximum Gasteiger partial charge on any atom is 0.0728 e. The number of nitrogens with zero attached hydrogens (tertiary/aromatic N) is 1. The van der Waals surface area contributed by atoms with Crippen LogP contribution in [0.5, 0.6) is 0 Å². The van der Waals surface area contributed by atoms with Gasteiger partial charge in [-0.2, -0.15) is 0 Å². The molecule has 1 saturated heterocycles. The van der Waals surface area contributed by atoms with E-state index in [2.05, 4.69) is 50.4 Å². The Labute approximate surface area is 142 Å². The van der Waals surface area contributed by atoms with Gasteiger partial charge in [-0.25, -0.2) is 0 Å². The number of hydrogen-bond donors (Lipinski definition) is 2. The van der Waals surface area contributed by atoms with Crippen molar-refractivity contribution in [2.75, 3.05) is 32.7 Å². The van der Waals surface area contributed by atoms with Crippen LogP contribution < -0.4 is 5.32 Å². The Morgan fingerprint density at radius 1 is 1.09 bits per heavy atom. The summed E-state index contributed by atoms with van der Waals surface area (Å²) >= 11 is 3.52. The van der Waals surface area contributed by atoms with Crippen LogP contribution in [0, 0.1) is 0 Å². The number of aliphatic hydroxyl groups is 1. The fourth-order valence-corrected chi connectivity index (χ4v) is 4.21. The fraction of sp³-hybridized carbons (Fsp3) is 0.667. The van der Waals surface area contributed by atoms with Gasteiger partial charge in [0, 0.05) is 43.1 Å². The largest absolute Gasteiger partial charge is 0.389 e. The van der Waals surface area contributed by atoms with Gasteiger partial charge in [0.1, 0.15) is 0 Å². The second-order valence-electron chi connectivity index (χ2n) is 6.82. The topological polar surface area (TPSA) is 35.5 Å². The Morgan fingerprint density at radius 2 is 1.73 bits per heavy atom. The Balaban J connectivity index is 1.81. The molecule has 0 bridgehead atoms. The van der Waals surface area contributed by atoms with Crippen molar-refractivity contribution >= 4 is 15.9 Å². The molecule has 1 saturated carbocycles. The van der Waals surface area contributed by atoms with Gasteiger partial charge in [-0.1, -0.05) is 47.3 Å². The average molecular weight is 367 g/mol. The molecule has 0 amide bonds. The van der Waals surface area contributed by atoms with Crippen molar-refractivity contribution in [2.24, 2.45) is 0 Å².